The summed E-state index contributed by atoms with van der Waals surface area (Å²) >= 11 is 0. The van der Waals surface area contributed by atoms with E-state index in [0.29, 0.717) is 35.9 Å². The topological polar surface area (TPSA) is 114 Å². The Morgan fingerprint density at radius 1 is 1.22 bits per heavy atom. The molecule has 0 radical (unpaired) electrons. The third-order valence-electron chi connectivity index (χ3n) is 7.16. The van der Waals surface area contributed by atoms with E-state index in [0.717, 1.165) is 11.3 Å². The van der Waals surface area contributed by atoms with E-state index in [-0.39, 0.29) is 17.0 Å². The van der Waals surface area contributed by atoms with Gasteiger partial charge in [0.1, 0.15) is 11.5 Å². The molecule has 1 saturated heterocycles. The van der Waals surface area contributed by atoms with Crippen LogP contribution in [0.15, 0.2) is 59.2 Å². The fourth-order valence-electron chi connectivity index (χ4n) is 4.59. The summed E-state index contributed by atoms with van der Waals surface area (Å²) in [5.41, 5.74) is 3.44. The number of aromatic amines is 1. The summed E-state index contributed by atoms with van der Waals surface area (Å²) in [6.07, 6.45) is 2.94. The molecule has 3 heterocycles. The van der Waals surface area contributed by atoms with Crippen molar-refractivity contribution in [2.24, 2.45) is 13.0 Å². The lowest BCUT2D eigenvalue weighted by Crippen LogP contribution is -2.44. The number of aryl methyl sites for hydroxylation is 2. The van der Waals surface area contributed by atoms with Gasteiger partial charge in [-0.25, -0.2) is 9.49 Å². The Balaban J connectivity index is 1.33. The number of rotatable bonds is 6. The Labute approximate surface area is 213 Å². The van der Waals surface area contributed by atoms with E-state index in [2.05, 4.69) is 32.9 Å². The number of H-pyrrole nitrogens is 1. The second-order valence-corrected chi connectivity index (χ2v) is 9.96. The summed E-state index contributed by atoms with van der Waals surface area (Å²) in [4.78, 5) is 25.4. The minimum absolute atomic E-state index is 0.0335. The minimum atomic E-state index is -0.881. The summed E-state index contributed by atoms with van der Waals surface area (Å²) in [5.74, 6) is -0.741. The van der Waals surface area contributed by atoms with E-state index < -0.39 is 23.3 Å². The maximum Gasteiger partial charge on any atom is 0.287 e. The number of ether oxygens (including phenoxy) is 1. The standard InChI is InChI=1S/C27H29FN6O3/c1-15-11-23(33-34(15)4)29-22-12-21(31-32-26(22)36)19-9-10-20(28)24(16(19)2)30-25(35)17-5-7-18(8-6-17)27(3)13-37-14-27/h5-12,16,24H,13-14H2,1-4H3,(H,30,35)(H,32,36)(H,29,31,33)/t16-,24?/m0/s1. The lowest BCUT2D eigenvalue weighted by Gasteiger charge is -2.38. The summed E-state index contributed by atoms with van der Waals surface area (Å²) in [7, 11) is 1.81. The third-order valence-corrected chi connectivity index (χ3v) is 7.16. The molecule has 1 amide bonds. The lowest BCUT2D eigenvalue weighted by molar-refractivity contribution is -0.0500. The predicted octanol–water partition coefficient (Wildman–Crippen LogP) is 3.53. The molecule has 1 aromatic carbocycles. The number of nitrogens with zero attached hydrogens (tertiary/aromatic N) is 3. The number of carbonyl (C=O) groups is 1. The number of aromatic nitrogens is 4. The first-order chi connectivity index (χ1) is 17.6. The molecule has 2 aromatic heterocycles. The van der Waals surface area contributed by atoms with Crippen molar-refractivity contribution in [3.8, 4) is 0 Å². The molecule has 1 aliphatic carbocycles. The first-order valence-electron chi connectivity index (χ1n) is 12.1. The van der Waals surface area contributed by atoms with Crippen LogP contribution in [0.5, 0.6) is 0 Å². The van der Waals surface area contributed by atoms with Crippen LogP contribution in [-0.4, -0.2) is 45.1 Å². The molecule has 5 rings (SSSR count). The van der Waals surface area contributed by atoms with Crippen LogP contribution in [0.4, 0.5) is 15.9 Å². The van der Waals surface area contributed by atoms with Gasteiger partial charge in [0.2, 0.25) is 0 Å². The molecule has 1 fully saturated rings. The van der Waals surface area contributed by atoms with Crippen molar-refractivity contribution >= 4 is 23.0 Å². The van der Waals surface area contributed by atoms with Crippen LogP contribution in [0.3, 0.4) is 0 Å². The van der Waals surface area contributed by atoms with Gasteiger partial charge in [-0.1, -0.05) is 32.1 Å². The van der Waals surface area contributed by atoms with Crippen molar-refractivity contribution in [3.63, 3.8) is 0 Å². The van der Waals surface area contributed by atoms with Gasteiger partial charge in [-0.3, -0.25) is 14.3 Å². The minimum Gasteiger partial charge on any atom is -0.379 e. The highest BCUT2D eigenvalue weighted by Crippen LogP contribution is 2.34. The second-order valence-electron chi connectivity index (χ2n) is 9.96. The smallest absolute Gasteiger partial charge is 0.287 e. The van der Waals surface area contributed by atoms with Gasteiger partial charge < -0.3 is 15.4 Å². The van der Waals surface area contributed by atoms with E-state index in [1.165, 1.54) is 6.08 Å². The van der Waals surface area contributed by atoms with Gasteiger partial charge in [-0.05, 0) is 42.3 Å². The number of benzene rings is 1. The number of carbonyl (C=O) groups excluding carboxylic acids is 1. The highest BCUT2D eigenvalue weighted by molar-refractivity contribution is 5.95. The van der Waals surface area contributed by atoms with Crippen LogP contribution in [0.25, 0.3) is 5.57 Å². The molecule has 3 N–H and O–H groups in total. The molecule has 3 aromatic rings. The van der Waals surface area contributed by atoms with Gasteiger partial charge in [0, 0.05) is 35.7 Å². The van der Waals surface area contributed by atoms with E-state index >= 15 is 0 Å². The first kappa shape index (κ1) is 24.6. The molecule has 0 saturated carbocycles. The summed E-state index contributed by atoms with van der Waals surface area (Å²) in [6, 6.07) is 9.88. The van der Waals surface area contributed by atoms with Gasteiger partial charge in [0.05, 0.1) is 24.9 Å². The van der Waals surface area contributed by atoms with Gasteiger partial charge >= 0.3 is 0 Å². The van der Waals surface area contributed by atoms with Crippen LogP contribution in [0, 0.1) is 12.8 Å². The average molecular weight is 505 g/mol. The number of hydrogen-bond acceptors (Lipinski definition) is 6. The highest BCUT2D eigenvalue weighted by Gasteiger charge is 2.35. The van der Waals surface area contributed by atoms with Gasteiger partial charge in [-0.15, -0.1) is 0 Å². The molecule has 37 heavy (non-hydrogen) atoms. The molecular formula is C27H29FN6O3. The maximum atomic E-state index is 14.9. The van der Waals surface area contributed by atoms with Crippen LogP contribution < -0.4 is 16.2 Å². The van der Waals surface area contributed by atoms with Crippen molar-refractivity contribution in [2.75, 3.05) is 18.5 Å². The summed E-state index contributed by atoms with van der Waals surface area (Å²) < 4.78 is 21.9. The van der Waals surface area contributed by atoms with E-state index in [9.17, 15) is 14.0 Å². The number of allylic oxidation sites excluding steroid dienone is 2. The van der Waals surface area contributed by atoms with Gasteiger partial charge in [0.25, 0.3) is 11.5 Å². The van der Waals surface area contributed by atoms with Crippen LogP contribution in [0.1, 0.15) is 41.2 Å². The van der Waals surface area contributed by atoms with Crippen molar-refractivity contribution < 1.29 is 13.9 Å². The van der Waals surface area contributed by atoms with Crippen molar-refractivity contribution in [1.29, 1.82) is 0 Å². The normalized spacial score (nSPS) is 20.5. The number of hydrogen-bond donors (Lipinski definition) is 3. The Morgan fingerprint density at radius 3 is 2.57 bits per heavy atom. The number of halogens is 1. The third kappa shape index (κ3) is 4.72. The molecule has 0 bridgehead atoms. The van der Waals surface area contributed by atoms with E-state index in [1.807, 2.05) is 39.1 Å². The first-order valence-corrected chi connectivity index (χ1v) is 12.1. The molecule has 2 aliphatic rings. The van der Waals surface area contributed by atoms with Crippen molar-refractivity contribution in [2.45, 2.75) is 32.2 Å². The second kappa shape index (κ2) is 9.44. The van der Waals surface area contributed by atoms with Crippen LogP contribution in [0.2, 0.25) is 0 Å². The van der Waals surface area contributed by atoms with Gasteiger partial charge in [0.15, 0.2) is 5.82 Å². The van der Waals surface area contributed by atoms with Crippen molar-refractivity contribution in [1.82, 2.24) is 25.3 Å². The molecule has 1 unspecified atom stereocenters. The predicted molar refractivity (Wildman–Crippen MR) is 138 cm³/mol. The highest BCUT2D eigenvalue weighted by atomic mass is 19.1. The zero-order valence-corrected chi connectivity index (χ0v) is 21.1. The van der Waals surface area contributed by atoms with Gasteiger partial charge in [-0.2, -0.15) is 10.2 Å². The molecule has 9 nitrogen and oxygen atoms in total. The van der Waals surface area contributed by atoms with Crippen LogP contribution in [-0.2, 0) is 17.2 Å². The number of amides is 1. The quantitative estimate of drug-likeness (QED) is 0.473. The molecule has 10 heteroatoms. The Kier molecular flexibility index (Phi) is 6.28. The molecule has 192 valence electrons. The summed E-state index contributed by atoms with van der Waals surface area (Å²) in [6.45, 7) is 7.14. The number of anilines is 2. The largest absolute Gasteiger partial charge is 0.379 e. The van der Waals surface area contributed by atoms with E-state index in [1.54, 1.807) is 29.0 Å². The molecule has 0 spiro atoms. The molecule has 2 atom stereocenters. The average Bonchev–Trinajstić information content (AvgIpc) is 3.18. The van der Waals surface area contributed by atoms with E-state index in [4.69, 9.17) is 4.74 Å². The monoisotopic (exact) mass is 504 g/mol. The fourth-order valence-corrected chi connectivity index (χ4v) is 4.59. The van der Waals surface area contributed by atoms with Crippen molar-refractivity contribution in [3.05, 3.63) is 87.2 Å². The zero-order chi connectivity index (χ0) is 26.3. The maximum absolute atomic E-state index is 14.9. The van der Waals surface area contributed by atoms with Crippen LogP contribution >= 0.6 is 0 Å². The molecular weight excluding hydrogens is 475 g/mol. The molecule has 1 aliphatic heterocycles. The zero-order valence-electron chi connectivity index (χ0n) is 21.1. The Bertz CT molecular complexity index is 1450. The fraction of sp³-hybridized carbons (Fsp3) is 0.333. The Hall–Kier alpha value is -4.05. The number of nitrogens with one attached hydrogen (secondary N) is 3. The Morgan fingerprint density at radius 2 is 1.95 bits per heavy atom. The SMILES string of the molecule is Cc1cc(Nc2cc(C3=CC=C(F)C(NC(=O)c4ccc(C5(C)COC5)cc4)[C@H]3C)n[nH]c2=O)nn1C. The lowest BCUT2D eigenvalue weighted by atomic mass is 9.80. The summed E-state index contributed by atoms with van der Waals surface area (Å²) in [5, 5.41) is 16.8.